The third-order valence-corrected chi connectivity index (χ3v) is 1.20. The molecule has 0 saturated heterocycles. The Kier molecular flexibility index (Phi) is 3.99. The summed E-state index contributed by atoms with van der Waals surface area (Å²) in [5, 5.41) is 2.67. The van der Waals surface area contributed by atoms with Gasteiger partial charge in [-0.1, -0.05) is 11.8 Å². The summed E-state index contributed by atoms with van der Waals surface area (Å²) in [6, 6.07) is 0. The lowest BCUT2D eigenvalue weighted by Crippen LogP contribution is -2.23. The maximum atomic E-state index is 12.1. The van der Waals surface area contributed by atoms with Crippen LogP contribution in [-0.2, 0) is 0 Å². The molecule has 0 spiro atoms. The van der Waals surface area contributed by atoms with Gasteiger partial charge in [0.05, 0.1) is 6.42 Å². The van der Waals surface area contributed by atoms with Crippen LogP contribution in [0.5, 0.6) is 0 Å². The van der Waals surface area contributed by atoms with Crippen LogP contribution >= 0.6 is 0 Å². The fourth-order valence-electron chi connectivity index (χ4n) is 0.612. The second-order valence-electron chi connectivity index (χ2n) is 3.80. The lowest BCUT2D eigenvalue weighted by atomic mass is 9.98. The van der Waals surface area contributed by atoms with E-state index in [4.69, 9.17) is 0 Å². The minimum atomic E-state index is -4.48. The summed E-state index contributed by atoms with van der Waals surface area (Å²) in [6.07, 6.45) is -4.95. The van der Waals surface area contributed by atoms with Crippen molar-refractivity contribution in [2.75, 3.05) is 0 Å². The van der Waals surface area contributed by atoms with Crippen molar-refractivity contribution >= 4 is 5.71 Å². The lowest BCUT2D eigenvalue weighted by Gasteiger charge is -2.08. The molecule has 0 aliphatic carbocycles. The van der Waals surface area contributed by atoms with Crippen molar-refractivity contribution in [3.05, 3.63) is 0 Å². The molecule has 0 aromatic heterocycles. The highest BCUT2D eigenvalue weighted by molar-refractivity contribution is 5.91. The highest BCUT2D eigenvalue weighted by Gasteiger charge is 2.34. The molecule has 0 bridgehead atoms. The van der Waals surface area contributed by atoms with Crippen LogP contribution in [-0.4, -0.2) is 11.9 Å². The molecular weight excluding hydrogens is 193 g/mol. The van der Waals surface area contributed by atoms with Gasteiger partial charge in [-0.05, 0) is 20.8 Å². The highest BCUT2D eigenvalue weighted by atomic mass is 19.4. The zero-order chi connectivity index (χ0) is 11.4. The minimum absolute atomic E-state index is 0.314. The summed E-state index contributed by atoms with van der Waals surface area (Å²) in [5.74, 6) is 9.68. The van der Waals surface area contributed by atoms with E-state index in [1.54, 1.807) is 0 Å². The Hall–Kier alpha value is -1.18. The van der Waals surface area contributed by atoms with Crippen molar-refractivity contribution in [3.8, 4) is 11.8 Å². The van der Waals surface area contributed by atoms with E-state index < -0.39 is 18.3 Å². The molecule has 0 unspecified atom stereocenters. The first kappa shape index (κ1) is 12.8. The second-order valence-corrected chi connectivity index (χ2v) is 3.80. The summed E-state index contributed by atoms with van der Waals surface area (Å²) < 4.78 is 36.2. The molecule has 0 atom stereocenters. The van der Waals surface area contributed by atoms with Crippen molar-refractivity contribution in [3.63, 3.8) is 0 Å². The topological polar surface area (TPSA) is 38.4 Å². The maximum Gasteiger partial charge on any atom is 0.432 e. The second kappa shape index (κ2) is 4.36. The van der Waals surface area contributed by atoms with Gasteiger partial charge in [-0.25, -0.2) is 0 Å². The van der Waals surface area contributed by atoms with Gasteiger partial charge in [-0.2, -0.15) is 18.3 Å². The first-order valence-electron chi connectivity index (χ1n) is 4.01. The number of nitrogens with two attached hydrogens (primary N) is 1. The van der Waals surface area contributed by atoms with Gasteiger partial charge in [0.25, 0.3) is 0 Å². The fourth-order valence-corrected chi connectivity index (χ4v) is 0.612. The Morgan fingerprint density at radius 2 is 1.79 bits per heavy atom. The van der Waals surface area contributed by atoms with Gasteiger partial charge in [0.2, 0.25) is 0 Å². The number of halogens is 3. The van der Waals surface area contributed by atoms with E-state index in [0.717, 1.165) is 0 Å². The average molecular weight is 206 g/mol. The number of nitrogens with zero attached hydrogens (tertiary/aromatic N) is 1. The molecule has 80 valence electrons. The standard InChI is InChI=1S/C9H13F3N2/c1-8(2,3)6-4-5-7(14-13)9(10,11)12/h5,13H2,1-3H3/b14-7-. The van der Waals surface area contributed by atoms with Gasteiger partial charge in [0, 0.05) is 5.41 Å². The van der Waals surface area contributed by atoms with Crippen molar-refractivity contribution in [1.29, 1.82) is 0 Å². The van der Waals surface area contributed by atoms with Crippen LogP contribution in [0, 0.1) is 17.3 Å². The highest BCUT2D eigenvalue weighted by Crippen LogP contribution is 2.19. The van der Waals surface area contributed by atoms with Gasteiger partial charge >= 0.3 is 6.18 Å². The Balaban J connectivity index is 4.45. The van der Waals surface area contributed by atoms with E-state index in [9.17, 15) is 13.2 Å². The monoisotopic (exact) mass is 206 g/mol. The van der Waals surface area contributed by atoms with E-state index in [2.05, 4.69) is 22.8 Å². The van der Waals surface area contributed by atoms with Crippen molar-refractivity contribution < 1.29 is 13.2 Å². The summed E-state index contributed by atoms with van der Waals surface area (Å²) in [4.78, 5) is 0. The Bertz CT molecular complexity index is 273. The first-order valence-corrected chi connectivity index (χ1v) is 4.01. The Morgan fingerprint density at radius 3 is 2.07 bits per heavy atom. The minimum Gasteiger partial charge on any atom is -0.323 e. The number of hydrogen-bond acceptors (Lipinski definition) is 2. The van der Waals surface area contributed by atoms with Crippen LogP contribution < -0.4 is 5.84 Å². The first-order chi connectivity index (χ1) is 6.17. The van der Waals surface area contributed by atoms with Crippen LogP contribution in [0.15, 0.2) is 5.10 Å². The molecule has 0 saturated carbocycles. The van der Waals surface area contributed by atoms with Gasteiger partial charge in [-0.3, -0.25) is 0 Å². The van der Waals surface area contributed by atoms with E-state index in [1.165, 1.54) is 0 Å². The van der Waals surface area contributed by atoms with Gasteiger partial charge in [0.1, 0.15) is 0 Å². The van der Waals surface area contributed by atoms with E-state index in [0.29, 0.717) is 0 Å². The largest absolute Gasteiger partial charge is 0.432 e. The molecule has 0 amide bonds. The summed E-state index contributed by atoms with van der Waals surface area (Å²) in [7, 11) is 0. The number of hydrazone groups is 1. The van der Waals surface area contributed by atoms with Crippen LogP contribution in [0.1, 0.15) is 27.2 Å². The molecule has 0 rings (SSSR count). The SMILES string of the molecule is CC(C)(C)C#CC/C(=N/N)C(F)(F)F. The van der Waals surface area contributed by atoms with Crippen LogP contribution in [0.2, 0.25) is 0 Å². The molecule has 0 aromatic rings. The molecule has 5 heteroatoms. The molecule has 0 fully saturated rings. The van der Waals surface area contributed by atoms with Crippen LogP contribution in [0.25, 0.3) is 0 Å². The molecule has 0 radical (unpaired) electrons. The van der Waals surface area contributed by atoms with Gasteiger partial charge in [0.15, 0.2) is 5.71 Å². The molecule has 2 nitrogen and oxygen atoms in total. The normalized spacial score (nSPS) is 13.4. The molecule has 0 aliphatic heterocycles. The molecule has 2 N–H and O–H groups in total. The number of alkyl halides is 3. The van der Waals surface area contributed by atoms with Crippen molar-refractivity contribution in [1.82, 2.24) is 0 Å². The van der Waals surface area contributed by atoms with Crippen LogP contribution in [0.3, 0.4) is 0 Å². The number of rotatable bonds is 1. The number of hydrogen-bond donors (Lipinski definition) is 1. The summed E-state index contributed by atoms with van der Waals surface area (Å²) in [5.41, 5.74) is -1.36. The van der Waals surface area contributed by atoms with E-state index in [1.807, 2.05) is 20.8 Å². The molecule has 0 heterocycles. The van der Waals surface area contributed by atoms with Gasteiger partial charge < -0.3 is 5.84 Å². The average Bonchev–Trinajstić information content (AvgIpc) is 1.93. The van der Waals surface area contributed by atoms with Crippen molar-refractivity contribution in [2.45, 2.75) is 33.4 Å². The fraction of sp³-hybridized carbons (Fsp3) is 0.667. The zero-order valence-corrected chi connectivity index (χ0v) is 8.37. The zero-order valence-electron chi connectivity index (χ0n) is 8.37. The predicted molar refractivity (Wildman–Crippen MR) is 49.5 cm³/mol. The quantitative estimate of drug-likeness (QED) is 0.304. The maximum absolute atomic E-state index is 12.1. The van der Waals surface area contributed by atoms with Gasteiger partial charge in [-0.15, -0.1) is 0 Å². The van der Waals surface area contributed by atoms with Crippen molar-refractivity contribution in [2.24, 2.45) is 16.4 Å². The Labute approximate surface area is 81.4 Å². The smallest absolute Gasteiger partial charge is 0.323 e. The van der Waals surface area contributed by atoms with Crippen LogP contribution in [0.4, 0.5) is 13.2 Å². The summed E-state index contributed by atoms with van der Waals surface area (Å²) >= 11 is 0. The molecule has 0 aliphatic rings. The van der Waals surface area contributed by atoms with E-state index in [-0.39, 0.29) is 5.41 Å². The third-order valence-electron chi connectivity index (χ3n) is 1.20. The third kappa shape index (κ3) is 5.46. The van der Waals surface area contributed by atoms with E-state index >= 15 is 0 Å². The Morgan fingerprint density at radius 1 is 1.29 bits per heavy atom. The molecule has 14 heavy (non-hydrogen) atoms. The molecule has 0 aromatic carbocycles. The molecular formula is C9H13F3N2. The lowest BCUT2D eigenvalue weighted by molar-refractivity contribution is -0.0600. The summed E-state index contributed by atoms with van der Waals surface area (Å²) in [6.45, 7) is 5.44. The predicted octanol–water partition coefficient (Wildman–Crippen LogP) is 2.30.